The molecule has 0 saturated heterocycles. The third-order valence-electron chi connectivity index (χ3n) is 7.06. The van der Waals surface area contributed by atoms with Crippen molar-refractivity contribution in [2.75, 3.05) is 6.54 Å². The molecular formula is C21H28N4O. The van der Waals surface area contributed by atoms with Crippen LogP contribution in [0.1, 0.15) is 44.3 Å². The highest BCUT2D eigenvalue weighted by Gasteiger charge is 2.53. The van der Waals surface area contributed by atoms with Gasteiger partial charge in [-0.1, -0.05) is 18.6 Å². The molecule has 26 heavy (non-hydrogen) atoms. The normalized spacial score (nSPS) is 32.1. The summed E-state index contributed by atoms with van der Waals surface area (Å²) in [5.41, 5.74) is 2.09. The van der Waals surface area contributed by atoms with Gasteiger partial charge in [0.1, 0.15) is 5.82 Å². The summed E-state index contributed by atoms with van der Waals surface area (Å²) in [5, 5.41) is 6.31. The van der Waals surface area contributed by atoms with Crippen LogP contribution < -0.4 is 10.6 Å². The highest BCUT2D eigenvalue weighted by atomic mass is 16.2. The number of H-pyrrole nitrogens is 1. The van der Waals surface area contributed by atoms with Crippen molar-refractivity contribution in [3.63, 3.8) is 0 Å². The maximum atomic E-state index is 12.3. The molecule has 5 atom stereocenters. The molecule has 1 aromatic carbocycles. The van der Waals surface area contributed by atoms with E-state index in [-0.39, 0.29) is 6.03 Å². The third-order valence-corrected chi connectivity index (χ3v) is 7.06. The number of amides is 2. The van der Waals surface area contributed by atoms with Crippen LogP contribution in [0.3, 0.4) is 0 Å². The van der Waals surface area contributed by atoms with E-state index in [0.717, 1.165) is 53.4 Å². The van der Waals surface area contributed by atoms with Crippen molar-refractivity contribution in [3.8, 4) is 0 Å². The number of carbonyl (C=O) groups excluding carboxylic acids is 1. The van der Waals surface area contributed by atoms with E-state index in [1.165, 1.54) is 32.1 Å². The lowest BCUT2D eigenvalue weighted by Crippen LogP contribution is -2.47. The number of aryl methyl sites for hydroxylation is 1. The Labute approximate surface area is 154 Å². The Morgan fingerprint density at radius 1 is 1.15 bits per heavy atom. The van der Waals surface area contributed by atoms with Gasteiger partial charge < -0.3 is 15.6 Å². The molecule has 3 aliphatic carbocycles. The van der Waals surface area contributed by atoms with Crippen molar-refractivity contribution < 1.29 is 4.79 Å². The highest BCUT2D eigenvalue weighted by Crippen LogP contribution is 2.58. The largest absolute Gasteiger partial charge is 0.342 e. The number of rotatable bonds is 5. The topological polar surface area (TPSA) is 69.8 Å². The molecule has 5 rings (SSSR count). The van der Waals surface area contributed by atoms with E-state index >= 15 is 0 Å². The van der Waals surface area contributed by atoms with Gasteiger partial charge in [0, 0.05) is 19.0 Å². The number of para-hydroxylation sites is 2. The summed E-state index contributed by atoms with van der Waals surface area (Å²) in [5.74, 6) is 4.49. The minimum Gasteiger partial charge on any atom is -0.342 e. The van der Waals surface area contributed by atoms with Crippen LogP contribution in [0.4, 0.5) is 4.79 Å². The van der Waals surface area contributed by atoms with Gasteiger partial charge in [0.05, 0.1) is 11.0 Å². The Morgan fingerprint density at radius 2 is 2.04 bits per heavy atom. The van der Waals surface area contributed by atoms with Crippen LogP contribution in [-0.2, 0) is 6.42 Å². The first-order valence-electron chi connectivity index (χ1n) is 10.3. The Bertz CT molecular complexity index is 767. The van der Waals surface area contributed by atoms with E-state index < -0.39 is 0 Å². The van der Waals surface area contributed by atoms with Crippen molar-refractivity contribution >= 4 is 17.1 Å². The van der Waals surface area contributed by atoms with Gasteiger partial charge in [-0.25, -0.2) is 9.78 Å². The highest BCUT2D eigenvalue weighted by molar-refractivity contribution is 5.75. The molecule has 3 N–H and O–H groups in total. The number of hydrogen-bond acceptors (Lipinski definition) is 2. The first-order chi connectivity index (χ1) is 12.8. The molecule has 1 heterocycles. The summed E-state index contributed by atoms with van der Waals surface area (Å²) in [7, 11) is 0. The fourth-order valence-electron chi connectivity index (χ4n) is 6.04. The molecular weight excluding hydrogens is 324 g/mol. The Balaban J connectivity index is 1.06. The minimum absolute atomic E-state index is 0.0155. The molecule has 5 unspecified atom stereocenters. The number of benzene rings is 1. The quantitative estimate of drug-likeness (QED) is 0.719. The monoisotopic (exact) mass is 352 g/mol. The minimum atomic E-state index is 0.0155. The van der Waals surface area contributed by atoms with Gasteiger partial charge in [0.15, 0.2) is 0 Å². The van der Waals surface area contributed by atoms with Crippen molar-refractivity contribution in [2.45, 2.75) is 51.0 Å². The van der Waals surface area contributed by atoms with Crippen LogP contribution >= 0.6 is 0 Å². The van der Waals surface area contributed by atoms with Gasteiger partial charge in [-0.3, -0.25) is 0 Å². The predicted molar refractivity (Wildman–Crippen MR) is 102 cm³/mol. The summed E-state index contributed by atoms with van der Waals surface area (Å²) < 4.78 is 0. The van der Waals surface area contributed by atoms with E-state index in [2.05, 4.69) is 20.6 Å². The molecule has 3 fully saturated rings. The summed E-state index contributed by atoms with van der Waals surface area (Å²) in [4.78, 5) is 20.2. The van der Waals surface area contributed by atoms with Crippen molar-refractivity contribution in [3.05, 3.63) is 30.1 Å². The zero-order valence-corrected chi connectivity index (χ0v) is 15.2. The van der Waals surface area contributed by atoms with Gasteiger partial charge in [0.25, 0.3) is 0 Å². The number of urea groups is 1. The van der Waals surface area contributed by atoms with E-state index in [9.17, 15) is 4.79 Å². The number of imidazole rings is 1. The second-order valence-electron chi connectivity index (χ2n) is 8.46. The number of aromatic nitrogens is 2. The van der Waals surface area contributed by atoms with Gasteiger partial charge in [-0.05, 0) is 67.9 Å². The molecule has 0 radical (unpaired) electrons. The Kier molecular flexibility index (Phi) is 4.10. The first kappa shape index (κ1) is 16.2. The molecule has 5 nitrogen and oxygen atoms in total. The molecule has 0 spiro atoms. The number of carbonyl (C=O) groups is 1. The van der Waals surface area contributed by atoms with Crippen LogP contribution in [-0.4, -0.2) is 28.6 Å². The number of hydrogen-bond donors (Lipinski definition) is 3. The fourth-order valence-corrected chi connectivity index (χ4v) is 6.04. The molecule has 2 aromatic rings. The SMILES string of the molecule is O=C(NCCCc1nc2ccccc2[nH]1)NC1CC2CC1C1CCCC21. The second-order valence-corrected chi connectivity index (χ2v) is 8.46. The van der Waals surface area contributed by atoms with Crippen LogP contribution in [0.15, 0.2) is 24.3 Å². The zero-order valence-electron chi connectivity index (χ0n) is 15.2. The van der Waals surface area contributed by atoms with Gasteiger partial charge in [0.2, 0.25) is 0 Å². The first-order valence-corrected chi connectivity index (χ1v) is 10.3. The molecule has 138 valence electrons. The molecule has 0 aliphatic heterocycles. The Morgan fingerprint density at radius 3 is 2.96 bits per heavy atom. The van der Waals surface area contributed by atoms with E-state index in [1.807, 2.05) is 24.3 Å². The summed E-state index contributed by atoms with van der Waals surface area (Å²) in [6.45, 7) is 0.690. The van der Waals surface area contributed by atoms with E-state index in [4.69, 9.17) is 0 Å². The van der Waals surface area contributed by atoms with Crippen LogP contribution in [0.25, 0.3) is 11.0 Å². The molecule has 5 heteroatoms. The predicted octanol–water partition coefficient (Wildman–Crippen LogP) is 3.62. The molecule has 2 bridgehead atoms. The lowest BCUT2D eigenvalue weighted by molar-refractivity contribution is 0.198. The molecule has 1 aromatic heterocycles. The average molecular weight is 352 g/mol. The van der Waals surface area contributed by atoms with E-state index in [1.54, 1.807) is 0 Å². The average Bonchev–Trinajstić information content (AvgIpc) is 3.38. The van der Waals surface area contributed by atoms with E-state index in [0.29, 0.717) is 12.6 Å². The smallest absolute Gasteiger partial charge is 0.315 e. The molecule has 3 saturated carbocycles. The maximum Gasteiger partial charge on any atom is 0.315 e. The maximum absolute atomic E-state index is 12.3. The van der Waals surface area contributed by atoms with Gasteiger partial charge in [-0.15, -0.1) is 0 Å². The van der Waals surface area contributed by atoms with Gasteiger partial charge in [-0.2, -0.15) is 0 Å². The van der Waals surface area contributed by atoms with Crippen molar-refractivity contribution in [2.24, 2.45) is 23.7 Å². The standard InChI is InChI=1S/C21H28N4O/c26-21(25-19-12-13-11-16(19)15-6-3-5-14(13)15)22-10-4-9-20-23-17-7-1-2-8-18(17)24-20/h1-2,7-8,13-16,19H,3-6,9-12H2,(H,23,24)(H2,22,25,26). The van der Waals surface area contributed by atoms with Crippen LogP contribution in [0, 0.1) is 23.7 Å². The summed E-state index contributed by atoms with van der Waals surface area (Å²) in [6.07, 6.45) is 8.55. The third kappa shape index (κ3) is 2.87. The number of fused-ring (bicyclic) bond motifs is 6. The molecule has 2 amide bonds. The van der Waals surface area contributed by atoms with Gasteiger partial charge >= 0.3 is 6.03 Å². The molecule has 3 aliphatic rings. The lowest BCUT2D eigenvalue weighted by Gasteiger charge is -2.32. The fraction of sp³-hybridized carbons (Fsp3) is 0.619. The summed E-state index contributed by atoms with van der Waals surface area (Å²) >= 11 is 0. The zero-order chi connectivity index (χ0) is 17.5. The number of nitrogens with zero attached hydrogens (tertiary/aromatic N) is 1. The van der Waals surface area contributed by atoms with Crippen molar-refractivity contribution in [1.82, 2.24) is 20.6 Å². The van der Waals surface area contributed by atoms with Crippen molar-refractivity contribution in [1.29, 1.82) is 0 Å². The second kappa shape index (κ2) is 6.60. The Hall–Kier alpha value is -2.04. The number of nitrogens with one attached hydrogen (secondary N) is 3. The van der Waals surface area contributed by atoms with Crippen LogP contribution in [0.5, 0.6) is 0 Å². The number of aromatic amines is 1. The summed E-state index contributed by atoms with van der Waals surface area (Å²) in [6, 6.07) is 8.51. The van der Waals surface area contributed by atoms with Crippen LogP contribution in [0.2, 0.25) is 0 Å². The lowest BCUT2D eigenvalue weighted by atomic mass is 9.79.